The van der Waals surface area contributed by atoms with Crippen molar-refractivity contribution in [2.45, 2.75) is 51.3 Å². The molecule has 1 aliphatic rings. The fourth-order valence-corrected chi connectivity index (χ4v) is 4.77. The van der Waals surface area contributed by atoms with Crippen molar-refractivity contribution >= 4 is 21.6 Å². The topological polar surface area (TPSA) is 81.5 Å². The standard InChI is InChI=1S/C25H29N3O4S/c1-17-13-23(33(5,30)31)26-15-22(17)27-12-11-20-19(16-27)14-21(18-9-7-6-8-10-18)28(20)24(29)32-25(2,3)4/h6-10,13-15H,11-12,16H2,1-5H3. The first-order valence-corrected chi connectivity index (χ1v) is 12.8. The molecule has 3 heterocycles. The molecule has 0 saturated heterocycles. The molecule has 174 valence electrons. The van der Waals surface area contributed by atoms with E-state index in [1.165, 1.54) is 0 Å². The minimum absolute atomic E-state index is 0.0730. The van der Waals surface area contributed by atoms with Crippen LogP contribution >= 0.6 is 0 Å². The molecule has 1 aromatic carbocycles. The molecule has 0 atom stereocenters. The van der Waals surface area contributed by atoms with E-state index < -0.39 is 15.4 Å². The summed E-state index contributed by atoms with van der Waals surface area (Å²) < 4.78 is 31.1. The number of anilines is 1. The van der Waals surface area contributed by atoms with Gasteiger partial charge in [0.25, 0.3) is 0 Å². The van der Waals surface area contributed by atoms with Gasteiger partial charge in [-0.05, 0) is 56.5 Å². The lowest BCUT2D eigenvalue weighted by Gasteiger charge is -2.31. The minimum Gasteiger partial charge on any atom is -0.443 e. The number of benzene rings is 1. The fraction of sp³-hybridized carbons (Fsp3) is 0.360. The van der Waals surface area contributed by atoms with E-state index in [1.807, 2.05) is 64.1 Å². The van der Waals surface area contributed by atoms with Crippen LogP contribution < -0.4 is 4.90 Å². The molecule has 0 fully saturated rings. The van der Waals surface area contributed by atoms with Gasteiger partial charge in [0, 0.05) is 31.5 Å². The number of nitrogens with zero attached hydrogens (tertiary/aromatic N) is 3. The summed E-state index contributed by atoms with van der Waals surface area (Å²) in [4.78, 5) is 19.5. The predicted octanol–water partition coefficient (Wildman–Crippen LogP) is 4.61. The number of ether oxygens (including phenoxy) is 1. The molecule has 8 heteroatoms. The van der Waals surface area contributed by atoms with Gasteiger partial charge in [-0.15, -0.1) is 0 Å². The number of carbonyl (C=O) groups is 1. The summed E-state index contributed by atoms with van der Waals surface area (Å²) in [5, 5.41) is 0.0730. The summed E-state index contributed by atoms with van der Waals surface area (Å²) in [7, 11) is -3.36. The van der Waals surface area contributed by atoms with Crippen LogP contribution in [0.25, 0.3) is 11.3 Å². The van der Waals surface area contributed by atoms with Crippen molar-refractivity contribution in [3.05, 3.63) is 65.5 Å². The zero-order valence-electron chi connectivity index (χ0n) is 19.6. The van der Waals surface area contributed by atoms with Crippen LogP contribution in [0.4, 0.5) is 10.5 Å². The zero-order valence-corrected chi connectivity index (χ0v) is 20.4. The number of sulfone groups is 1. The molecule has 7 nitrogen and oxygen atoms in total. The third-order valence-electron chi connectivity index (χ3n) is 5.60. The molecule has 0 saturated carbocycles. The maximum atomic E-state index is 13.2. The zero-order chi connectivity index (χ0) is 24.0. The highest BCUT2D eigenvalue weighted by Crippen LogP contribution is 2.33. The molecule has 0 aliphatic carbocycles. The van der Waals surface area contributed by atoms with Crippen LogP contribution in [0.15, 0.2) is 53.7 Å². The second-order valence-electron chi connectivity index (χ2n) is 9.44. The maximum Gasteiger partial charge on any atom is 0.419 e. The molecule has 0 unspecified atom stereocenters. The number of aryl methyl sites for hydroxylation is 1. The Morgan fingerprint density at radius 1 is 1.12 bits per heavy atom. The van der Waals surface area contributed by atoms with Crippen LogP contribution in [0.2, 0.25) is 0 Å². The predicted molar refractivity (Wildman–Crippen MR) is 128 cm³/mol. The van der Waals surface area contributed by atoms with Crippen molar-refractivity contribution in [1.29, 1.82) is 0 Å². The van der Waals surface area contributed by atoms with E-state index >= 15 is 0 Å². The number of pyridine rings is 1. The van der Waals surface area contributed by atoms with Crippen LogP contribution in [-0.4, -0.2) is 42.5 Å². The summed E-state index contributed by atoms with van der Waals surface area (Å²) in [6.45, 7) is 8.74. The largest absolute Gasteiger partial charge is 0.443 e. The molecule has 0 N–H and O–H groups in total. The first kappa shape index (κ1) is 23.0. The number of rotatable bonds is 3. The molecular weight excluding hydrogens is 438 g/mol. The molecule has 0 bridgehead atoms. The van der Waals surface area contributed by atoms with Gasteiger partial charge >= 0.3 is 6.09 Å². The Hall–Kier alpha value is -3.13. The van der Waals surface area contributed by atoms with Gasteiger partial charge in [-0.25, -0.2) is 22.8 Å². The Morgan fingerprint density at radius 2 is 1.82 bits per heavy atom. The Bertz CT molecular complexity index is 1310. The summed E-state index contributed by atoms with van der Waals surface area (Å²) in [5.41, 5.74) is 4.87. The summed E-state index contributed by atoms with van der Waals surface area (Å²) in [6.07, 6.45) is 3.05. The van der Waals surface area contributed by atoms with Gasteiger partial charge in [-0.3, -0.25) is 0 Å². The van der Waals surface area contributed by atoms with E-state index in [1.54, 1.807) is 16.8 Å². The molecule has 1 aliphatic heterocycles. The lowest BCUT2D eigenvalue weighted by Crippen LogP contribution is -2.34. The molecule has 33 heavy (non-hydrogen) atoms. The molecule has 2 aromatic heterocycles. The Morgan fingerprint density at radius 3 is 2.42 bits per heavy atom. The van der Waals surface area contributed by atoms with Gasteiger partial charge in [-0.1, -0.05) is 30.3 Å². The summed E-state index contributed by atoms with van der Waals surface area (Å²) in [6, 6.07) is 13.5. The molecule has 0 radical (unpaired) electrons. The highest BCUT2D eigenvalue weighted by molar-refractivity contribution is 7.90. The highest BCUT2D eigenvalue weighted by atomic mass is 32.2. The maximum absolute atomic E-state index is 13.2. The minimum atomic E-state index is -3.36. The number of aromatic nitrogens is 2. The van der Waals surface area contributed by atoms with Gasteiger partial charge in [0.05, 0.1) is 17.6 Å². The van der Waals surface area contributed by atoms with Crippen molar-refractivity contribution < 1.29 is 17.9 Å². The van der Waals surface area contributed by atoms with E-state index in [4.69, 9.17) is 4.74 Å². The second-order valence-corrected chi connectivity index (χ2v) is 11.4. The van der Waals surface area contributed by atoms with Crippen LogP contribution in [-0.2, 0) is 27.5 Å². The summed E-state index contributed by atoms with van der Waals surface area (Å²) in [5.74, 6) is 0. The first-order chi connectivity index (χ1) is 15.4. The number of carbonyl (C=O) groups excluding carboxylic acids is 1. The smallest absolute Gasteiger partial charge is 0.419 e. The third kappa shape index (κ3) is 4.80. The van der Waals surface area contributed by atoms with Crippen molar-refractivity contribution in [3.8, 4) is 11.3 Å². The Kier molecular flexibility index (Phi) is 5.82. The van der Waals surface area contributed by atoms with Gasteiger partial charge in [0.2, 0.25) is 0 Å². The third-order valence-corrected chi connectivity index (χ3v) is 6.58. The quantitative estimate of drug-likeness (QED) is 0.560. The summed E-state index contributed by atoms with van der Waals surface area (Å²) >= 11 is 0. The van der Waals surface area contributed by atoms with Crippen LogP contribution in [0, 0.1) is 6.92 Å². The van der Waals surface area contributed by atoms with Gasteiger partial charge in [-0.2, -0.15) is 0 Å². The van der Waals surface area contributed by atoms with E-state index in [0.717, 1.165) is 40.0 Å². The molecule has 0 amide bonds. The Balaban J connectivity index is 1.73. The molecular formula is C25H29N3O4S. The monoisotopic (exact) mass is 467 g/mol. The average molecular weight is 468 g/mol. The Labute approximate surface area is 194 Å². The van der Waals surface area contributed by atoms with Gasteiger partial charge in [0.15, 0.2) is 14.9 Å². The molecule has 0 spiro atoms. The van der Waals surface area contributed by atoms with Crippen LogP contribution in [0.5, 0.6) is 0 Å². The van der Waals surface area contributed by atoms with Crippen molar-refractivity contribution in [3.63, 3.8) is 0 Å². The van der Waals surface area contributed by atoms with Crippen molar-refractivity contribution in [2.75, 3.05) is 17.7 Å². The number of hydrogen-bond acceptors (Lipinski definition) is 6. The number of fused-ring (bicyclic) bond motifs is 1. The number of hydrogen-bond donors (Lipinski definition) is 0. The first-order valence-electron chi connectivity index (χ1n) is 10.9. The normalized spacial score (nSPS) is 14.2. The van der Waals surface area contributed by atoms with E-state index in [2.05, 4.69) is 9.88 Å². The molecule has 4 rings (SSSR count). The van der Waals surface area contributed by atoms with E-state index in [-0.39, 0.29) is 11.1 Å². The fourth-order valence-electron chi connectivity index (χ4n) is 4.14. The van der Waals surface area contributed by atoms with Gasteiger partial charge in [0.1, 0.15) is 5.60 Å². The second kappa shape index (κ2) is 8.33. The lowest BCUT2D eigenvalue weighted by molar-refractivity contribution is 0.0535. The van der Waals surface area contributed by atoms with E-state index in [0.29, 0.717) is 19.5 Å². The van der Waals surface area contributed by atoms with E-state index in [9.17, 15) is 13.2 Å². The SMILES string of the molecule is Cc1cc(S(C)(=O)=O)ncc1N1CCc2c(cc(-c3ccccc3)n2C(=O)OC(C)(C)C)C1. The molecule has 3 aromatic rings. The van der Waals surface area contributed by atoms with Gasteiger partial charge < -0.3 is 9.64 Å². The van der Waals surface area contributed by atoms with Crippen LogP contribution in [0.3, 0.4) is 0 Å². The lowest BCUT2D eigenvalue weighted by atomic mass is 10.1. The van der Waals surface area contributed by atoms with Crippen molar-refractivity contribution in [2.24, 2.45) is 0 Å². The highest BCUT2D eigenvalue weighted by Gasteiger charge is 2.29. The average Bonchev–Trinajstić information content (AvgIpc) is 3.11. The van der Waals surface area contributed by atoms with Crippen molar-refractivity contribution in [1.82, 2.24) is 9.55 Å². The van der Waals surface area contributed by atoms with Crippen LogP contribution in [0.1, 0.15) is 37.6 Å².